The molecule has 1 amide bonds. The van der Waals surface area contributed by atoms with E-state index in [2.05, 4.69) is 34.1 Å². The van der Waals surface area contributed by atoms with Crippen LogP contribution in [0.5, 0.6) is 0 Å². The molecule has 1 atom stereocenters. The van der Waals surface area contributed by atoms with Gasteiger partial charge < -0.3 is 10.1 Å². The minimum Gasteiger partial charge on any atom is -0.374 e. The number of hydrogen-bond acceptors (Lipinski definition) is 5. The third-order valence-corrected chi connectivity index (χ3v) is 4.46. The largest absolute Gasteiger partial charge is 0.374 e. The first-order valence-corrected chi connectivity index (χ1v) is 8.85. The highest BCUT2D eigenvalue weighted by atomic mass is 16.5. The molecule has 0 unspecified atom stereocenters. The Labute approximate surface area is 148 Å². The Morgan fingerprint density at radius 2 is 2.28 bits per heavy atom. The minimum atomic E-state index is -0.123. The number of nitrogens with zero attached hydrogens (tertiary/aromatic N) is 4. The number of ether oxygens (including phenoxy) is 1. The molecule has 1 aliphatic heterocycles. The van der Waals surface area contributed by atoms with Gasteiger partial charge in [0.2, 0.25) is 0 Å². The summed E-state index contributed by atoms with van der Waals surface area (Å²) in [6, 6.07) is 1.85. The van der Waals surface area contributed by atoms with Crippen LogP contribution >= 0.6 is 0 Å². The second-order valence-corrected chi connectivity index (χ2v) is 7.16. The summed E-state index contributed by atoms with van der Waals surface area (Å²) in [4.78, 5) is 19.2. The Kier molecular flexibility index (Phi) is 5.34. The Hall–Kier alpha value is -1.99. The number of aromatic nitrogens is 3. The lowest BCUT2D eigenvalue weighted by Crippen LogP contribution is -2.48. The van der Waals surface area contributed by atoms with Gasteiger partial charge in [0.15, 0.2) is 5.65 Å². The first-order valence-electron chi connectivity index (χ1n) is 8.85. The van der Waals surface area contributed by atoms with Crippen LogP contribution in [-0.4, -0.2) is 64.5 Å². The van der Waals surface area contributed by atoms with Crippen molar-refractivity contribution in [3.8, 4) is 0 Å². The zero-order chi connectivity index (χ0) is 18.0. The van der Waals surface area contributed by atoms with Crippen LogP contribution in [0.3, 0.4) is 0 Å². The highest BCUT2D eigenvalue weighted by molar-refractivity contribution is 5.97. The smallest absolute Gasteiger partial charge is 0.252 e. The van der Waals surface area contributed by atoms with Crippen molar-refractivity contribution in [3.05, 3.63) is 23.5 Å². The third-order valence-electron chi connectivity index (χ3n) is 4.46. The van der Waals surface area contributed by atoms with E-state index in [0.717, 1.165) is 43.0 Å². The molecule has 2 aromatic rings. The molecule has 2 aromatic heterocycles. The van der Waals surface area contributed by atoms with Crippen LogP contribution in [0.25, 0.3) is 11.0 Å². The van der Waals surface area contributed by atoms with Gasteiger partial charge in [0.05, 0.1) is 24.0 Å². The second-order valence-electron chi connectivity index (χ2n) is 7.16. The standard InChI is InChI=1S/C18H27N5O2/c1-12(2)10-23-5-6-25-15(11-23)9-20-18(24)14-7-16-13(3)21-22(4)17(16)19-8-14/h7-8,12,15H,5-6,9-11H2,1-4H3,(H,20,24)/t15-/m0/s1. The third kappa shape index (κ3) is 4.16. The quantitative estimate of drug-likeness (QED) is 0.886. The number of pyridine rings is 1. The van der Waals surface area contributed by atoms with E-state index in [4.69, 9.17) is 4.74 Å². The van der Waals surface area contributed by atoms with Crippen LogP contribution < -0.4 is 5.32 Å². The number of fused-ring (bicyclic) bond motifs is 1. The van der Waals surface area contributed by atoms with Crippen molar-refractivity contribution < 1.29 is 9.53 Å². The zero-order valence-corrected chi connectivity index (χ0v) is 15.5. The predicted molar refractivity (Wildman–Crippen MR) is 96.6 cm³/mol. The molecule has 1 saturated heterocycles. The van der Waals surface area contributed by atoms with Crippen molar-refractivity contribution >= 4 is 16.9 Å². The summed E-state index contributed by atoms with van der Waals surface area (Å²) in [6.07, 6.45) is 1.64. The van der Waals surface area contributed by atoms with E-state index in [0.29, 0.717) is 18.0 Å². The molecule has 3 rings (SSSR count). The van der Waals surface area contributed by atoms with Crippen LogP contribution in [0.15, 0.2) is 12.3 Å². The fourth-order valence-electron chi connectivity index (χ4n) is 3.33. The Bertz CT molecular complexity index is 755. The summed E-state index contributed by atoms with van der Waals surface area (Å²) in [7, 11) is 1.85. The Morgan fingerprint density at radius 1 is 1.48 bits per heavy atom. The molecule has 0 saturated carbocycles. The van der Waals surface area contributed by atoms with E-state index >= 15 is 0 Å². The van der Waals surface area contributed by atoms with E-state index in [1.54, 1.807) is 10.9 Å². The van der Waals surface area contributed by atoms with Gasteiger partial charge in [0.25, 0.3) is 5.91 Å². The Morgan fingerprint density at radius 3 is 3.04 bits per heavy atom. The molecular weight excluding hydrogens is 318 g/mol. The lowest BCUT2D eigenvalue weighted by Gasteiger charge is -2.33. The second kappa shape index (κ2) is 7.49. The van der Waals surface area contributed by atoms with Gasteiger partial charge in [-0.3, -0.25) is 14.4 Å². The molecule has 0 spiro atoms. The first kappa shape index (κ1) is 17.8. The maximum atomic E-state index is 12.5. The molecule has 0 aromatic carbocycles. The van der Waals surface area contributed by atoms with Crippen LogP contribution in [0.4, 0.5) is 0 Å². The van der Waals surface area contributed by atoms with Gasteiger partial charge in [0, 0.05) is 44.8 Å². The average molecular weight is 345 g/mol. The zero-order valence-electron chi connectivity index (χ0n) is 15.5. The summed E-state index contributed by atoms with van der Waals surface area (Å²) in [6.45, 7) is 10.5. The minimum absolute atomic E-state index is 0.0354. The number of morpholine rings is 1. The van der Waals surface area contributed by atoms with Crippen molar-refractivity contribution in [3.63, 3.8) is 0 Å². The van der Waals surface area contributed by atoms with Gasteiger partial charge >= 0.3 is 0 Å². The molecule has 0 aliphatic carbocycles. The van der Waals surface area contributed by atoms with E-state index in [1.807, 2.05) is 20.0 Å². The fraction of sp³-hybridized carbons (Fsp3) is 0.611. The van der Waals surface area contributed by atoms with Gasteiger partial charge in [-0.15, -0.1) is 0 Å². The van der Waals surface area contributed by atoms with Gasteiger partial charge in [-0.05, 0) is 18.9 Å². The maximum absolute atomic E-state index is 12.5. The van der Waals surface area contributed by atoms with Crippen LogP contribution in [0.2, 0.25) is 0 Å². The van der Waals surface area contributed by atoms with Gasteiger partial charge in [0.1, 0.15) is 0 Å². The number of aryl methyl sites for hydroxylation is 2. The molecule has 1 N–H and O–H groups in total. The van der Waals surface area contributed by atoms with Gasteiger partial charge in [-0.1, -0.05) is 13.8 Å². The van der Waals surface area contributed by atoms with Crippen molar-refractivity contribution in [2.75, 3.05) is 32.8 Å². The summed E-state index contributed by atoms with van der Waals surface area (Å²) >= 11 is 0. The summed E-state index contributed by atoms with van der Waals surface area (Å²) in [5.74, 6) is 0.510. The normalized spacial score (nSPS) is 18.8. The number of carbonyl (C=O) groups is 1. The van der Waals surface area contributed by atoms with Crippen molar-refractivity contribution in [1.82, 2.24) is 25.0 Å². The van der Waals surface area contributed by atoms with Crippen molar-refractivity contribution in [1.29, 1.82) is 0 Å². The highest BCUT2D eigenvalue weighted by Gasteiger charge is 2.22. The molecule has 0 bridgehead atoms. The predicted octanol–water partition coefficient (Wildman–Crippen LogP) is 1.36. The molecule has 1 fully saturated rings. The topological polar surface area (TPSA) is 72.3 Å². The van der Waals surface area contributed by atoms with E-state index < -0.39 is 0 Å². The number of nitrogens with one attached hydrogen (secondary N) is 1. The molecule has 7 heteroatoms. The van der Waals surface area contributed by atoms with Crippen LogP contribution in [0.1, 0.15) is 29.9 Å². The van der Waals surface area contributed by atoms with E-state index in [9.17, 15) is 4.79 Å². The number of amides is 1. The van der Waals surface area contributed by atoms with Gasteiger partial charge in [-0.2, -0.15) is 5.10 Å². The molecule has 136 valence electrons. The molecule has 1 aliphatic rings. The molecule has 7 nitrogen and oxygen atoms in total. The maximum Gasteiger partial charge on any atom is 0.252 e. The van der Waals surface area contributed by atoms with E-state index in [-0.39, 0.29) is 12.0 Å². The molecular formula is C18H27N5O2. The summed E-state index contributed by atoms with van der Waals surface area (Å²) in [5.41, 5.74) is 2.21. The Balaban J connectivity index is 1.60. The first-order chi connectivity index (χ1) is 11.9. The molecule has 25 heavy (non-hydrogen) atoms. The van der Waals surface area contributed by atoms with Gasteiger partial charge in [-0.25, -0.2) is 4.98 Å². The lowest BCUT2D eigenvalue weighted by atomic mass is 10.1. The van der Waals surface area contributed by atoms with E-state index in [1.165, 1.54) is 0 Å². The SMILES string of the molecule is Cc1nn(C)c2ncc(C(=O)NC[C@H]3CN(CC(C)C)CCO3)cc12. The molecule has 0 radical (unpaired) electrons. The number of carbonyl (C=O) groups excluding carboxylic acids is 1. The van der Waals surface area contributed by atoms with Crippen molar-refractivity contribution in [2.45, 2.75) is 26.9 Å². The average Bonchev–Trinajstić information content (AvgIpc) is 2.86. The van der Waals surface area contributed by atoms with Crippen LogP contribution in [0, 0.1) is 12.8 Å². The van der Waals surface area contributed by atoms with Crippen LogP contribution in [-0.2, 0) is 11.8 Å². The van der Waals surface area contributed by atoms with Crippen molar-refractivity contribution in [2.24, 2.45) is 13.0 Å². The lowest BCUT2D eigenvalue weighted by molar-refractivity contribution is -0.0295. The number of hydrogen-bond donors (Lipinski definition) is 1. The summed E-state index contributed by atoms with van der Waals surface area (Å²) < 4.78 is 7.51. The fourth-order valence-corrected chi connectivity index (χ4v) is 3.33. The monoisotopic (exact) mass is 345 g/mol. The number of rotatable bonds is 5. The molecule has 3 heterocycles. The highest BCUT2D eigenvalue weighted by Crippen LogP contribution is 2.16. The summed E-state index contributed by atoms with van der Waals surface area (Å²) in [5, 5.41) is 8.22.